The zero-order valence-corrected chi connectivity index (χ0v) is 19.8. The lowest BCUT2D eigenvalue weighted by atomic mass is 10.2. The second kappa shape index (κ2) is 11.3. The molecule has 0 aliphatic rings. The van der Waals surface area contributed by atoms with E-state index >= 15 is 0 Å². The van der Waals surface area contributed by atoms with Gasteiger partial charge in [-0.25, -0.2) is 0 Å². The largest absolute Gasteiger partial charge is 0.494 e. The van der Waals surface area contributed by atoms with Crippen LogP contribution >= 0.6 is 11.8 Å². The van der Waals surface area contributed by atoms with Gasteiger partial charge in [0.1, 0.15) is 11.5 Å². The molecule has 2 heterocycles. The van der Waals surface area contributed by atoms with Crippen LogP contribution in [0, 0.1) is 0 Å². The number of pyridine rings is 1. The maximum atomic E-state index is 12.7. The van der Waals surface area contributed by atoms with Gasteiger partial charge in [-0.2, -0.15) is 0 Å². The third-order valence-corrected chi connectivity index (χ3v) is 5.70. The number of amides is 1. The Hall–Kier alpha value is -3.85. The van der Waals surface area contributed by atoms with Crippen molar-refractivity contribution in [3.8, 4) is 28.6 Å². The summed E-state index contributed by atoms with van der Waals surface area (Å²) in [5, 5.41) is 12.3. The van der Waals surface area contributed by atoms with E-state index in [0.717, 1.165) is 17.0 Å². The van der Waals surface area contributed by atoms with E-state index in [0.29, 0.717) is 35.6 Å². The summed E-state index contributed by atoms with van der Waals surface area (Å²) in [5.74, 6) is 2.08. The van der Waals surface area contributed by atoms with Gasteiger partial charge in [-0.15, -0.1) is 10.2 Å². The summed E-state index contributed by atoms with van der Waals surface area (Å²) >= 11 is 1.31. The molecule has 0 atom stereocenters. The Labute approximate surface area is 202 Å². The molecule has 2 aromatic heterocycles. The summed E-state index contributed by atoms with van der Waals surface area (Å²) in [5.41, 5.74) is 2.38. The number of para-hydroxylation sites is 2. The number of benzene rings is 2. The van der Waals surface area contributed by atoms with Crippen molar-refractivity contribution in [2.45, 2.75) is 19.0 Å². The number of hydrogen-bond donors (Lipinski definition) is 1. The van der Waals surface area contributed by atoms with E-state index in [9.17, 15) is 4.79 Å². The van der Waals surface area contributed by atoms with E-state index in [4.69, 9.17) is 9.47 Å². The molecule has 0 radical (unpaired) electrons. The molecular formula is C25H25N5O3S. The van der Waals surface area contributed by atoms with Gasteiger partial charge in [-0.1, -0.05) is 23.9 Å². The molecule has 4 aromatic rings. The van der Waals surface area contributed by atoms with Crippen LogP contribution in [-0.2, 0) is 4.79 Å². The summed E-state index contributed by atoms with van der Waals surface area (Å²) in [6.07, 6.45) is 3.42. The van der Waals surface area contributed by atoms with E-state index in [1.165, 1.54) is 11.8 Å². The lowest BCUT2D eigenvalue weighted by Gasteiger charge is -2.12. The van der Waals surface area contributed by atoms with Crippen molar-refractivity contribution in [1.82, 2.24) is 19.7 Å². The number of hydrogen-bond acceptors (Lipinski definition) is 7. The van der Waals surface area contributed by atoms with Crippen LogP contribution in [0.1, 0.15) is 13.8 Å². The van der Waals surface area contributed by atoms with Crippen molar-refractivity contribution >= 4 is 23.4 Å². The first kappa shape index (κ1) is 23.3. The third kappa shape index (κ3) is 5.55. The Morgan fingerprint density at radius 2 is 1.68 bits per heavy atom. The van der Waals surface area contributed by atoms with Gasteiger partial charge in [-0.05, 0) is 62.4 Å². The van der Waals surface area contributed by atoms with Crippen molar-refractivity contribution in [2.24, 2.45) is 0 Å². The van der Waals surface area contributed by atoms with Crippen molar-refractivity contribution in [2.75, 3.05) is 24.3 Å². The smallest absolute Gasteiger partial charge is 0.234 e. The number of nitrogens with zero attached hydrogens (tertiary/aromatic N) is 4. The van der Waals surface area contributed by atoms with Crippen LogP contribution in [0.3, 0.4) is 0 Å². The molecule has 34 heavy (non-hydrogen) atoms. The van der Waals surface area contributed by atoms with Gasteiger partial charge in [-0.3, -0.25) is 14.3 Å². The summed E-state index contributed by atoms with van der Waals surface area (Å²) in [4.78, 5) is 16.8. The van der Waals surface area contributed by atoms with Crippen LogP contribution in [0.25, 0.3) is 17.1 Å². The van der Waals surface area contributed by atoms with Gasteiger partial charge in [0.2, 0.25) is 5.91 Å². The van der Waals surface area contributed by atoms with Crippen molar-refractivity contribution in [3.05, 3.63) is 73.1 Å². The fourth-order valence-corrected chi connectivity index (χ4v) is 4.06. The molecule has 0 unspecified atom stereocenters. The Morgan fingerprint density at radius 1 is 0.941 bits per heavy atom. The topological polar surface area (TPSA) is 91.2 Å². The first-order chi connectivity index (χ1) is 16.7. The molecule has 0 bridgehead atoms. The predicted octanol–water partition coefficient (Wildman–Crippen LogP) is 4.86. The number of anilines is 1. The fraction of sp³-hybridized carbons (Fsp3) is 0.200. The van der Waals surface area contributed by atoms with Gasteiger partial charge in [0, 0.05) is 23.6 Å². The van der Waals surface area contributed by atoms with Crippen LogP contribution in [0.2, 0.25) is 0 Å². The van der Waals surface area contributed by atoms with Crippen LogP contribution in [0.15, 0.2) is 78.2 Å². The molecule has 0 spiro atoms. The lowest BCUT2D eigenvalue weighted by Crippen LogP contribution is -2.15. The number of aromatic nitrogens is 4. The second-order valence-corrected chi connectivity index (χ2v) is 8.01. The van der Waals surface area contributed by atoms with Crippen LogP contribution in [-0.4, -0.2) is 44.6 Å². The molecule has 2 aromatic carbocycles. The van der Waals surface area contributed by atoms with Gasteiger partial charge >= 0.3 is 0 Å². The number of carbonyl (C=O) groups excluding carboxylic acids is 1. The minimum Gasteiger partial charge on any atom is -0.494 e. The zero-order valence-electron chi connectivity index (χ0n) is 19.0. The maximum Gasteiger partial charge on any atom is 0.234 e. The van der Waals surface area contributed by atoms with Crippen LogP contribution < -0.4 is 14.8 Å². The monoisotopic (exact) mass is 475 g/mol. The summed E-state index contributed by atoms with van der Waals surface area (Å²) in [6.45, 7) is 4.96. The van der Waals surface area contributed by atoms with Crippen LogP contribution in [0.5, 0.6) is 11.5 Å². The molecule has 0 saturated heterocycles. The second-order valence-electron chi connectivity index (χ2n) is 7.07. The van der Waals surface area contributed by atoms with E-state index in [-0.39, 0.29) is 11.7 Å². The number of ether oxygens (including phenoxy) is 2. The third-order valence-electron chi connectivity index (χ3n) is 4.77. The number of carbonyl (C=O) groups is 1. The molecule has 0 aliphatic carbocycles. The SMILES string of the molecule is CCOc1ccc(-n2c(SCC(=O)Nc3ccccc3OCC)nnc2-c2ccncc2)cc1. The van der Waals surface area contributed by atoms with Gasteiger partial charge < -0.3 is 14.8 Å². The van der Waals surface area contributed by atoms with Crippen LogP contribution in [0.4, 0.5) is 5.69 Å². The number of rotatable bonds is 10. The molecule has 9 heteroatoms. The Morgan fingerprint density at radius 3 is 2.41 bits per heavy atom. The molecule has 1 amide bonds. The highest BCUT2D eigenvalue weighted by Crippen LogP contribution is 2.29. The summed E-state index contributed by atoms with van der Waals surface area (Å²) in [6, 6.07) is 18.8. The predicted molar refractivity (Wildman–Crippen MR) is 133 cm³/mol. The molecular weight excluding hydrogens is 450 g/mol. The van der Waals surface area contributed by atoms with Crippen molar-refractivity contribution < 1.29 is 14.3 Å². The summed E-state index contributed by atoms with van der Waals surface area (Å²) in [7, 11) is 0. The highest BCUT2D eigenvalue weighted by molar-refractivity contribution is 7.99. The Bertz CT molecular complexity index is 1230. The van der Waals surface area contributed by atoms with E-state index in [1.54, 1.807) is 12.4 Å². The van der Waals surface area contributed by atoms with Crippen molar-refractivity contribution in [3.63, 3.8) is 0 Å². The minimum absolute atomic E-state index is 0.159. The fourth-order valence-electron chi connectivity index (χ4n) is 3.31. The van der Waals surface area contributed by atoms with E-state index in [2.05, 4.69) is 20.5 Å². The minimum atomic E-state index is -0.163. The highest BCUT2D eigenvalue weighted by Gasteiger charge is 2.18. The normalized spacial score (nSPS) is 10.6. The zero-order chi connectivity index (χ0) is 23.8. The molecule has 0 fully saturated rings. The molecule has 1 N–H and O–H groups in total. The number of thioether (sulfide) groups is 1. The first-order valence-electron chi connectivity index (χ1n) is 10.9. The quantitative estimate of drug-likeness (QED) is 0.328. The van der Waals surface area contributed by atoms with Crippen molar-refractivity contribution in [1.29, 1.82) is 0 Å². The first-order valence-corrected chi connectivity index (χ1v) is 11.9. The highest BCUT2D eigenvalue weighted by atomic mass is 32.2. The Kier molecular flexibility index (Phi) is 7.77. The molecule has 4 rings (SSSR count). The Balaban J connectivity index is 1.57. The van der Waals surface area contributed by atoms with E-state index in [1.807, 2.05) is 79.1 Å². The maximum absolute atomic E-state index is 12.7. The van der Waals surface area contributed by atoms with Gasteiger partial charge in [0.15, 0.2) is 11.0 Å². The van der Waals surface area contributed by atoms with Gasteiger partial charge in [0.05, 0.1) is 24.7 Å². The van der Waals surface area contributed by atoms with E-state index < -0.39 is 0 Å². The molecule has 0 aliphatic heterocycles. The summed E-state index contributed by atoms with van der Waals surface area (Å²) < 4.78 is 13.1. The average molecular weight is 476 g/mol. The molecule has 174 valence electrons. The molecule has 8 nitrogen and oxygen atoms in total. The lowest BCUT2D eigenvalue weighted by molar-refractivity contribution is -0.113. The number of nitrogens with one attached hydrogen (secondary N) is 1. The standard InChI is InChI=1S/C25H25N5O3S/c1-3-32-20-11-9-19(10-12-20)30-24(18-13-15-26-16-14-18)28-29-25(30)34-17-23(31)27-21-7-5-6-8-22(21)33-4-2/h5-16H,3-4,17H2,1-2H3,(H,27,31). The average Bonchev–Trinajstić information content (AvgIpc) is 3.29. The van der Waals surface area contributed by atoms with Gasteiger partial charge in [0.25, 0.3) is 0 Å². The molecule has 0 saturated carbocycles.